The zero-order valence-corrected chi connectivity index (χ0v) is 17.8. The Morgan fingerprint density at radius 1 is 1.06 bits per heavy atom. The van der Waals surface area contributed by atoms with Gasteiger partial charge in [0.05, 0.1) is 21.3 Å². The zero-order chi connectivity index (χ0) is 21.5. The summed E-state index contributed by atoms with van der Waals surface area (Å²) in [5, 5.41) is 12.7. The number of rotatable bonds is 5. The number of tetrazole rings is 1. The van der Waals surface area contributed by atoms with Crippen LogP contribution in [-0.2, 0) is 6.42 Å². The molecule has 10 heteroatoms. The lowest BCUT2D eigenvalue weighted by atomic mass is 9.90. The van der Waals surface area contributed by atoms with Crippen molar-refractivity contribution in [2.45, 2.75) is 12.5 Å². The second kappa shape index (κ2) is 7.62. The number of hydrogen-bond donors (Lipinski definition) is 0. The lowest BCUT2D eigenvalue weighted by Gasteiger charge is -2.34. The zero-order valence-electron chi connectivity index (χ0n) is 17.8. The number of nitrogens with zero attached hydrogens (tertiary/aromatic N) is 5. The fourth-order valence-corrected chi connectivity index (χ4v) is 4.26. The molecular weight excluding hydrogens is 402 g/mol. The first kappa shape index (κ1) is 19.4. The van der Waals surface area contributed by atoms with Crippen LogP contribution in [0.25, 0.3) is 5.69 Å². The van der Waals surface area contributed by atoms with Gasteiger partial charge >= 0.3 is 0 Å². The van der Waals surface area contributed by atoms with Crippen molar-refractivity contribution in [2.75, 3.05) is 41.7 Å². The summed E-state index contributed by atoms with van der Waals surface area (Å²) in [4.78, 5) is 2.20. The van der Waals surface area contributed by atoms with E-state index in [1.165, 1.54) is 0 Å². The van der Waals surface area contributed by atoms with Crippen molar-refractivity contribution < 1.29 is 23.7 Å². The summed E-state index contributed by atoms with van der Waals surface area (Å²) in [5.74, 6) is 3.90. The number of fused-ring (bicyclic) bond motifs is 2. The van der Waals surface area contributed by atoms with Gasteiger partial charge < -0.3 is 23.7 Å². The monoisotopic (exact) mass is 425 g/mol. The first-order valence-corrected chi connectivity index (χ1v) is 9.86. The molecule has 31 heavy (non-hydrogen) atoms. The highest BCUT2D eigenvalue weighted by molar-refractivity contribution is 5.63. The molecule has 3 aromatic rings. The molecule has 10 nitrogen and oxygen atoms in total. The van der Waals surface area contributed by atoms with Gasteiger partial charge in [-0.15, -0.1) is 5.10 Å². The Balaban J connectivity index is 1.71. The molecule has 5 rings (SSSR count). The number of benzene rings is 2. The predicted molar refractivity (Wildman–Crippen MR) is 110 cm³/mol. The number of likely N-dealkylation sites (N-methyl/N-ethyl adjacent to an activating group) is 1. The SMILES string of the molecule is COc1ccc(OC)c(-n2nnnc2[C@H]2c3c(cc4c(c3OC)OCO4)CCN2C)c1. The van der Waals surface area contributed by atoms with Crippen molar-refractivity contribution in [2.24, 2.45) is 0 Å². The van der Waals surface area contributed by atoms with Gasteiger partial charge in [0.25, 0.3) is 0 Å². The Hall–Kier alpha value is -3.53. The maximum absolute atomic E-state index is 5.80. The van der Waals surface area contributed by atoms with Crippen LogP contribution >= 0.6 is 0 Å². The second-order valence-corrected chi connectivity index (χ2v) is 7.34. The van der Waals surface area contributed by atoms with E-state index in [1.54, 1.807) is 26.0 Å². The Labute approximate surface area is 179 Å². The minimum atomic E-state index is -0.265. The van der Waals surface area contributed by atoms with E-state index in [0.29, 0.717) is 40.3 Å². The average molecular weight is 425 g/mol. The molecule has 0 aliphatic carbocycles. The number of hydrogen-bond acceptors (Lipinski definition) is 9. The molecule has 2 aliphatic rings. The van der Waals surface area contributed by atoms with Crippen molar-refractivity contribution >= 4 is 0 Å². The lowest BCUT2D eigenvalue weighted by Crippen LogP contribution is -2.35. The minimum absolute atomic E-state index is 0.174. The smallest absolute Gasteiger partial charge is 0.231 e. The van der Waals surface area contributed by atoms with Crippen LogP contribution in [0.15, 0.2) is 24.3 Å². The molecule has 1 aromatic heterocycles. The molecule has 0 amide bonds. The van der Waals surface area contributed by atoms with Crippen LogP contribution in [0.3, 0.4) is 0 Å². The van der Waals surface area contributed by atoms with E-state index < -0.39 is 0 Å². The molecule has 162 valence electrons. The minimum Gasteiger partial charge on any atom is -0.497 e. The van der Waals surface area contributed by atoms with Gasteiger partial charge in [-0.25, -0.2) is 0 Å². The van der Waals surface area contributed by atoms with Gasteiger partial charge in [-0.05, 0) is 47.7 Å². The fourth-order valence-electron chi connectivity index (χ4n) is 4.26. The summed E-state index contributed by atoms with van der Waals surface area (Å²) in [6, 6.07) is 7.27. The highest BCUT2D eigenvalue weighted by atomic mass is 16.7. The van der Waals surface area contributed by atoms with E-state index >= 15 is 0 Å². The van der Waals surface area contributed by atoms with Crippen LogP contribution in [0.2, 0.25) is 0 Å². The van der Waals surface area contributed by atoms with Gasteiger partial charge in [-0.1, -0.05) is 0 Å². The van der Waals surface area contributed by atoms with E-state index in [-0.39, 0.29) is 12.8 Å². The first-order chi connectivity index (χ1) is 15.2. The molecule has 2 aliphatic heterocycles. The highest BCUT2D eigenvalue weighted by Crippen LogP contribution is 2.50. The normalized spacial score (nSPS) is 17.4. The van der Waals surface area contributed by atoms with E-state index in [0.717, 1.165) is 24.1 Å². The van der Waals surface area contributed by atoms with E-state index in [4.69, 9.17) is 23.7 Å². The molecule has 3 heterocycles. The molecule has 0 bridgehead atoms. The van der Waals surface area contributed by atoms with Gasteiger partial charge in [0.2, 0.25) is 12.5 Å². The van der Waals surface area contributed by atoms with Crippen molar-refractivity contribution in [3.05, 3.63) is 41.2 Å². The Kier molecular flexibility index (Phi) is 4.78. The van der Waals surface area contributed by atoms with Gasteiger partial charge in [0.15, 0.2) is 17.3 Å². The largest absolute Gasteiger partial charge is 0.497 e. The maximum atomic E-state index is 5.80. The topological polar surface area (TPSA) is 93.0 Å². The highest BCUT2D eigenvalue weighted by Gasteiger charge is 2.38. The van der Waals surface area contributed by atoms with E-state index in [9.17, 15) is 0 Å². The quantitative estimate of drug-likeness (QED) is 0.608. The molecule has 0 fully saturated rings. The van der Waals surface area contributed by atoms with Gasteiger partial charge in [-0.3, -0.25) is 4.90 Å². The Bertz CT molecular complexity index is 1130. The summed E-state index contributed by atoms with van der Waals surface area (Å²) in [5.41, 5.74) is 2.77. The molecule has 0 N–H and O–H groups in total. The summed E-state index contributed by atoms with van der Waals surface area (Å²) < 4.78 is 29.8. The third-order valence-electron chi connectivity index (χ3n) is 5.75. The van der Waals surface area contributed by atoms with Crippen molar-refractivity contribution in [3.8, 4) is 34.4 Å². The summed E-state index contributed by atoms with van der Waals surface area (Å²) in [6.45, 7) is 0.996. The number of ether oxygens (including phenoxy) is 5. The van der Waals surface area contributed by atoms with E-state index in [2.05, 4.69) is 20.4 Å². The molecule has 0 spiro atoms. The molecule has 1 atom stereocenters. The Morgan fingerprint density at radius 3 is 2.71 bits per heavy atom. The third-order valence-corrected chi connectivity index (χ3v) is 5.75. The van der Waals surface area contributed by atoms with E-state index in [1.807, 2.05) is 31.3 Å². The van der Waals surface area contributed by atoms with Gasteiger partial charge in [0, 0.05) is 18.2 Å². The summed E-state index contributed by atoms with van der Waals surface area (Å²) >= 11 is 0. The van der Waals surface area contributed by atoms with Gasteiger partial charge in [0.1, 0.15) is 23.2 Å². The van der Waals surface area contributed by atoms with Crippen molar-refractivity contribution in [1.29, 1.82) is 0 Å². The van der Waals surface area contributed by atoms with Crippen LogP contribution < -0.4 is 23.7 Å². The molecule has 0 saturated heterocycles. The lowest BCUT2D eigenvalue weighted by molar-refractivity contribution is 0.170. The number of methoxy groups -OCH3 is 3. The standard InChI is InChI=1S/C21H23N5O5/c1-25-8-7-12-9-16-19(31-11-30-16)20(29-4)17(12)18(25)21-22-23-24-26(21)14-10-13(27-2)5-6-15(14)28-3/h5-6,9-10,18H,7-8,11H2,1-4H3/t18-/m1/s1. The van der Waals surface area contributed by atoms with Crippen molar-refractivity contribution in [3.63, 3.8) is 0 Å². The van der Waals surface area contributed by atoms with Gasteiger partial charge in [-0.2, -0.15) is 4.68 Å². The summed E-state index contributed by atoms with van der Waals surface area (Å²) in [7, 11) is 6.91. The average Bonchev–Trinajstić information content (AvgIpc) is 3.46. The molecule has 0 saturated carbocycles. The molecular formula is C21H23N5O5. The predicted octanol–water partition coefficient (Wildman–Crippen LogP) is 1.99. The van der Waals surface area contributed by atoms with Crippen LogP contribution in [0.1, 0.15) is 23.0 Å². The second-order valence-electron chi connectivity index (χ2n) is 7.34. The van der Waals surface area contributed by atoms with Crippen molar-refractivity contribution in [1.82, 2.24) is 25.1 Å². The van der Waals surface area contributed by atoms with Crippen LogP contribution in [0.4, 0.5) is 0 Å². The first-order valence-electron chi connectivity index (χ1n) is 9.86. The molecule has 0 radical (unpaired) electrons. The molecule has 0 unspecified atom stereocenters. The van der Waals surface area contributed by atoms with Crippen LogP contribution in [0.5, 0.6) is 28.7 Å². The molecule has 2 aromatic carbocycles. The van der Waals surface area contributed by atoms with Crippen LogP contribution in [-0.4, -0.2) is 66.8 Å². The number of aromatic nitrogens is 4. The third kappa shape index (κ3) is 3.02. The van der Waals surface area contributed by atoms with Crippen LogP contribution in [0, 0.1) is 0 Å². The fraction of sp³-hybridized carbons (Fsp3) is 0.381. The Morgan fingerprint density at radius 2 is 1.94 bits per heavy atom. The summed E-state index contributed by atoms with van der Waals surface area (Å²) in [6.07, 6.45) is 0.847. The maximum Gasteiger partial charge on any atom is 0.231 e.